The van der Waals surface area contributed by atoms with E-state index in [1.54, 1.807) is 29.2 Å². The summed E-state index contributed by atoms with van der Waals surface area (Å²) in [5.41, 5.74) is 0.252. The maximum atomic E-state index is 14.2. The Morgan fingerprint density at radius 3 is 2.60 bits per heavy atom. The number of methoxy groups -OCH3 is 1. The van der Waals surface area contributed by atoms with E-state index in [-0.39, 0.29) is 48.3 Å². The molecule has 2 aliphatic rings. The summed E-state index contributed by atoms with van der Waals surface area (Å²) in [6.07, 6.45) is 3.70. The van der Waals surface area contributed by atoms with Crippen LogP contribution in [0, 0.1) is 11.6 Å². The van der Waals surface area contributed by atoms with Gasteiger partial charge in [-0.15, -0.1) is 0 Å². The second-order valence-corrected chi connectivity index (χ2v) is 10.3. The first kappa shape index (κ1) is 28.7. The van der Waals surface area contributed by atoms with Crippen molar-refractivity contribution in [3.8, 4) is 5.75 Å². The first-order chi connectivity index (χ1) is 20.2. The van der Waals surface area contributed by atoms with E-state index in [9.17, 15) is 28.0 Å². The van der Waals surface area contributed by atoms with Gasteiger partial charge in [-0.3, -0.25) is 14.4 Å². The van der Waals surface area contributed by atoms with Gasteiger partial charge in [0.05, 0.1) is 13.2 Å². The van der Waals surface area contributed by atoms with Crippen molar-refractivity contribution in [2.75, 3.05) is 13.7 Å². The molecule has 1 saturated heterocycles. The van der Waals surface area contributed by atoms with Gasteiger partial charge in [0.25, 0.3) is 11.8 Å². The second-order valence-electron chi connectivity index (χ2n) is 10.3. The molecule has 1 fully saturated rings. The third-order valence-electron chi connectivity index (χ3n) is 7.60. The number of hydrogen-bond donors (Lipinski definition) is 1. The molecule has 0 radical (unpaired) electrons. The lowest BCUT2D eigenvalue weighted by Crippen LogP contribution is -2.48. The van der Waals surface area contributed by atoms with Crippen LogP contribution in [0.3, 0.4) is 0 Å². The van der Waals surface area contributed by atoms with E-state index in [1.165, 1.54) is 30.0 Å². The first-order valence-corrected chi connectivity index (χ1v) is 13.4. The average Bonchev–Trinajstić information content (AvgIpc) is 3.12. The Morgan fingerprint density at radius 1 is 1.12 bits per heavy atom. The van der Waals surface area contributed by atoms with Gasteiger partial charge in [-0.1, -0.05) is 36.4 Å². The molecule has 11 heteroatoms. The van der Waals surface area contributed by atoms with E-state index < -0.39 is 40.9 Å². The van der Waals surface area contributed by atoms with Crippen LogP contribution in [-0.2, 0) is 22.7 Å². The predicted molar refractivity (Wildman–Crippen MR) is 148 cm³/mol. The fraction of sp³-hybridized carbons (Fsp3) is 0.290. The summed E-state index contributed by atoms with van der Waals surface area (Å²) < 4.78 is 39.9. The quantitative estimate of drug-likeness (QED) is 0.337. The summed E-state index contributed by atoms with van der Waals surface area (Å²) in [4.78, 5) is 54.8. The number of aromatic nitrogens is 1. The summed E-state index contributed by atoms with van der Waals surface area (Å²) in [6.45, 7) is 1.74. The lowest BCUT2D eigenvalue weighted by atomic mass is 9.99. The van der Waals surface area contributed by atoms with Crippen molar-refractivity contribution in [1.82, 2.24) is 14.8 Å². The zero-order valence-corrected chi connectivity index (χ0v) is 23.1. The molecule has 0 spiro atoms. The molecule has 2 aliphatic heterocycles. The number of ether oxygens (including phenoxy) is 2. The maximum absolute atomic E-state index is 14.2. The third kappa shape index (κ3) is 5.67. The number of carbonyl (C=O) groups is 3. The smallest absolute Gasteiger partial charge is 0.330 e. The van der Waals surface area contributed by atoms with Gasteiger partial charge in [0, 0.05) is 43.0 Å². The highest BCUT2D eigenvalue weighted by Crippen LogP contribution is 2.37. The molecule has 2 bridgehead atoms. The molecule has 2 unspecified atom stereocenters. The number of amides is 2. The van der Waals surface area contributed by atoms with Crippen LogP contribution in [0.2, 0.25) is 0 Å². The fourth-order valence-electron chi connectivity index (χ4n) is 5.27. The predicted octanol–water partition coefficient (Wildman–Crippen LogP) is 3.91. The summed E-state index contributed by atoms with van der Waals surface area (Å²) in [7, 11) is 1.27. The van der Waals surface area contributed by atoms with Crippen molar-refractivity contribution in [2.45, 2.75) is 45.0 Å². The number of rotatable bonds is 7. The number of halogens is 2. The van der Waals surface area contributed by atoms with Crippen LogP contribution in [-0.4, -0.2) is 46.9 Å². The average molecular weight is 578 g/mol. The highest BCUT2D eigenvalue weighted by Gasteiger charge is 2.41. The van der Waals surface area contributed by atoms with Crippen molar-refractivity contribution in [3.63, 3.8) is 0 Å². The Labute approximate surface area is 240 Å². The highest BCUT2D eigenvalue weighted by molar-refractivity contribution is 5.99. The normalized spacial score (nSPS) is 18.7. The molecule has 2 atom stereocenters. The van der Waals surface area contributed by atoms with Gasteiger partial charge < -0.3 is 24.3 Å². The largest absolute Gasteiger partial charge is 0.483 e. The van der Waals surface area contributed by atoms with E-state index in [1.807, 2.05) is 13.0 Å². The van der Waals surface area contributed by atoms with Crippen molar-refractivity contribution in [2.24, 2.45) is 0 Å². The van der Waals surface area contributed by atoms with E-state index in [0.29, 0.717) is 24.5 Å². The molecule has 2 amide bonds. The van der Waals surface area contributed by atoms with Crippen molar-refractivity contribution >= 4 is 17.8 Å². The molecule has 1 aromatic heterocycles. The minimum Gasteiger partial charge on any atom is -0.483 e. The number of esters is 1. The summed E-state index contributed by atoms with van der Waals surface area (Å²) in [5.74, 6) is -3.74. The van der Waals surface area contributed by atoms with Crippen LogP contribution in [0.4, 0.5) is 8.78 Å². The minimum atomic E-state index is -0.847. The Kier molecular flexibility index (Phi) is 8.19. The van der Waals surface area contributed by atoms with E-state index in [4.69, 9.17) is 9.47 Å². The van der Waals surface area contributed by atoms with Gasteiger partial charge in [-0.05, 0) is 37.0 Å². The van der Waals surface area contributed by atoms with Crippen LogP contribution in [0.5, 0.6) is 5.75 Å². The molecular weight excluding hydrogens is 548 g/mol. The number of hydrogen-bond acceptors (Lipinski definition) is 6. The van der Waals surface area contributed by atoms with Gasteiger partial charge >= 0.3 is 5.97 Å². The molecule has 0 saturated carbocycles. The Hall–Kier alpha value is -4.80. The maximum Gasteiger partial charge on any atom is 0.330 e. The summed E-state index contributed by atoms with van der Waals surface area (Å²) in [5, 5.41) is 2.51. The molecule has 1 N–H and O–H groups in total. The topological polar surface area (TPSA) is 107 Å². The number of nitrogens with one attached hydrogen (secondary N) is 1. The lowest BCUT2D eigenvalue weighted by molar-refractivity contribution is -0.134. The summed E-state index contributed by atoms with van der Waals surface area (Å²) >= 11 is 0. The molecule has 2 aromatic carbocycles. The van der Waals surface area contributed by atoms with Crippen molar-refractivity contribution in [3.05, 3.63) is 111 Å². The van der Waals surface area contributed by atoms with Gasteiger partial charge in [0.2, 0.25) is 5.43 Å². The van der Waals surface area contributed by atoms with E-state index in [0.717, 1.165) is 11.6 Å². The third-order valence-corrected chi connectivity index (χ3v) is 7.60. The summed E-state index contributed by atoms with van der Waals surface area (Å²) in [6, 6.07) is 11.2. The molecule has 3 aromatic rings. The van der Waals surface area contributed by atoms with Crippen LogP contribution >= 0.6 is 0 Å². The number of fused-ring (bicyclic) bond motifs is 4. The SMILES string of the molecule is COC(=O)/C=C1/CCC(C)N2CC1n1cc(C(=O)NCc3ccc(F)cc3F)c(=O)c(OCc3ccccc3)c1C2=O. The molecule has 42 heavy (non-hydrogen) atoms. The van der Waals surface area contributed by atoms with Gasteiger partial charge in [0.15, 0.2) is 11.4 Å². The van der Waals surface area contributed by atoms with Crippen LogP contribution in [0.25, 0.3) is 0 Å². The molecule has 5 rings (SSSR count). The van der Waals surface area contributed by atoms with Crippen LogP contribution in [0.15, 0.2) is 71.2 Å². The van der Waals surface area contributed by atoms with Crippen LogP contribution in [0.1, 0.15) is 57.8 Å². The first-order valence-electron chi connectivity index (χ1n) is 13.4. The monoisotopic (exact) mass is 577 g/mol. The number of carbonyl (C=O) groups excluding carboxylic acids is 3. The van der Waals surface area contributed by atoms with Crippen molar-refractivity contribution in [1.29, 1.82) is 0 Å². The molecule has 218 valence electrons. The molecule has 3 heterocycles. The molecule has 9 nitrogen and oxygen atoms in total. The standard InChI is InChI=1S/C31H29F2N3O6/c1-18-8-9-20(12-26(37)41-2)25-16-35(18)31(40)27-29(42-17-19-6-4-3-5-7-19)28(38)23(15-36(25)27)30(39)34-14-21-10-11-22(32)13-24(21)33/h3-7,10-13,15,18,25H,8-9,14,16-17H2,1-2H3,(H,34,39)/b20-12-. The van der Waals surface area contributed by atoms with Crippen molar-refractivity contribution < 1.29 is 32.6 Å². The number of nitrogens with zero attached hydrogens (tertiary/aromatic N) is 2. The fourth-order valence-corrected chi connectivity index (χ4v) is 5.27. The Bertz CT molecular complexity index is 1640. The highest BCUT2D eigenvalue weighted by atomic mass is 19.1. The number of benzene rings is 2. The molecular formula is C31H29F2N3O6. The number of pyridine rings is 1. The second kappa shape index (κ2) is 12.0. The van der Waals surface area contributed by atoms with Gasteiger partial charge in [-0.25, -0.2) is 13.6 Å². The Balaban J connectivity index is 1.61. The van der Waals surface area contributed by atoms with Gasteiger partial charge in [-0.2, -0.15) is 0 Å². The van der Waals surface area contributed by atoms with Gasteiger partial charge in [0.1, 0.15) is 23.8 Å². The molecule has 0 aliphatic carbocycles. The van der Waals surface area contributed by atoms with E-state index in [2.05, 4.69) is 5.32 Å². The zero-order chi connectivity index (χ0) is 30.0. The van der Waals surface area contributed by atoms with E-state index >= 15 is 0 Å². The van der Waals surface area contributed by atoms with Crippen LogP contribution < -0.4 is 15.5 Å². The lowest BCUT2D eigenvalue weighted by Gasteiger charge is -2.38. The minimum absolute atomic E-state index is 0.0234. The Morgan fingerprint density at radius 2 is 1.88 bits per heavy atom. The zero-order valence-electron chi connectivity index (χ0n) is 23.1.